The molecule has 2 atom stereocenters. The van der Waals surface area contributed by atoms with E-state index in [1.165, 1.54) is 11.0 Å². The summed E-state index contributed by atoms with van der Waals surface area (Å²) < 4.78 is 5.69. The van der Waals surface area contributed by atoms with E-state index in [0.717, 1.165) is 12.2 Å². The van der Waals surface area contributed by atoms with Gasteiger partial charge < -0.3 is 14.4 Å². The lowest BCUT2D eigenvalue weighted by molar-refractivity contribution is -0.137. The van der Waals surface area contributed by atoms with Crippen molar-refractivity contribution in [2.24, 2.45) is 5.92 Å². The molecule has 0 bridgehead atoms. The molecule has 1 amide bonds. The molecule has 5 heteroatoms. The zero-order chi connectivity index (χ0) is 15.4. The van der Waals surface area contributed by atoms with Crippen LogP contribution in [0, 0.1) is 5.92 Å². The van der Waals surface area contributed by atoms with Crippen molar-refractivity contribution in [1.29, 1.82) is 0 Å². The number of carboxylic acids is 1. The Balaban J connectivity index is 1.90. The van der Waals surface area contributed by atoms with Crippen molar-refractivity contribution in [2.45, 2.75) is 32.6 Å². The maximum absolute atomic E-state index is 12.0. The van der Waals surface area contributed by atoms with Crippen molar-refractivity contribution >= 4 is 18.0 Å². The van der Waals surface area contributed by atoms with Crippen molar-refractivity contribution in [3.8, 4) is 0 Å². The maximum atomic E-state index is 12.0. The SMILES string of the molecule is CCN(CCC(=O)O)C(=O)/C=C/c1ccc(C2CC2C)o1. The minimum Gasteiger partial charge on any atom is -0.481 e. The van der Waals surface area contributed by atoms with Crippen molar-refractivity contribution in [3.05, 3.63) is 29.7 Å². The van der Waals surface area contributed by atoms with Gasteiger partial charge in [0.05, 0.1) is 6.42 Å². The van der Waals surface area contributed by atoms with Crippen molar-refractivity contribution in [3.63, 3.8) is 0 Å². The standard InChI is InChI=1S/C16H21NO4/c1-3-17(9-8-16(19)20)15(18)7-5-12-4-6-14(21-12)13-10-11(13)2/h4-7,11,13H,3,8-10H2,1-2H3,(H,19,20)/b7-5+. The number of likely N-dealkylation sites (N-methyl/N-ethyl adjacent to an activating group) is 1. The van der Waals surface area contributed by atoms with E-state index >= 15 is 0 Å². The Morgan fingerprint density at radius 1 is 1.48 bits per heavy atom. The molecule has 0 spiro atoms. The highest BCUT2D eigenvalue weighted by molar-refractivity contribution is 5.91. The van der Waals surface area contributed by atoms with Crippen LogP contribution in [0.5, 0.6) is 0 Å². The smallest absolute Gasteiger partial charge is 0.305 e. The van der Waals surface area contributed by atoms with Crippen molar-refractivity contribution in [1.82, 2.24) is 4.90 Å². The molecule has 1 aliphatic carbocycles. The van der Waals surface area contributed by atoms with Crippen LogP contribution >= 0.6 is 0 Å². The minimum atomic E-state index is -0.903. The lowest BCUT2D eigenvalue weighted by Gasteiger charge is -2.17. The first kappa shape index (κ1) is 15.4. The maximum Gasteiger partial charge on any atom is 0.305 e. The summed E-state index contributed by atoms with van der Waals surface area (Å²) in [6, 6.07) is 3.82. The van der Waals surface area contributed by atoms with E-state index in [-0.39, 0.29) is 18.9 Å². The summed E-state index contributed by atoms with van der Waals surface area (Å²) in [5, 5.41) is 8.66. The van der Waals surface area contributed by atoms with Crippen LogP contribution in [-0.2, 0) is 9.59 Å². The second-order valence-electron chi connectivity index (χ2n) is 5.45. The first-order valence-electron chi connectivity index (χ1n) is 7.29. The number of aliphatic carboxylic acids is 1. The van der Waals surface area contributed by atoms with E-state index in [0.29, 0.717) is 24.1 Å². The fourth-order valence-corrected chi connectivity index (χ4v) is 2.29. The Kier molecular flexibility index (Phi) is 4.83. The third kappa shape index (κ3) is 4.21. The topological polar surface area (TPSA) is 70.8 Å². The quantitative estimate of drug-likeness (QED) is 0.784. The average Bonchev–Trinajstić information content (AvgIpc) is 3.00. The number of carboxylic acid groups (broad SMARTS) is 1. The predicted octanol–water partition coefficient (Wildman–Crippen LogP) is 2.74. The second-order valence-corrected chi connectivity index (χ2v) is 5.45. The van der Waals surface area contributed by atoms with Crippen LogP contribution in [0.4, 0.5) is 0 Å². The predicted molar refractivity (Wildman–Crippen MR) is 78.8 cm³/mol. The number of carbonyl (C=O) groups excluding carboxylic acids is 1. The van der Waals surface area contributed by atoms with E-state index in [4.69, 9.17) is 9.52 Å². The lowest BCUT2D eigenvalue weighted by atomic mass is 10.3. The molecule has 1 fully saturated rings. The summed E-state index contributed by atoms with van der Waals surface area (Å²) in [4.78, 5) is 24.0. The highest BCUT2D eigenvalue weighted by Crippen LogP contribution is 2.47. The van der Waals surface area contributed by atoms with E-state index in [9.17, 15) is 9.59 Å². The molecule has 0 saturated heterocycles. The summed E-state index contributed by atoms with van der Waals surface area (Å²) in [7, 11) is 0. The van der Waals surface area contributed by atoms with Gasteiger partial charge >= 0.3 is 5.97 Å². The molecule has 1 heterocycles. The first-order chi connectivity index (χ1) is 10.0. The Morgan fingerprint density at radius 3 is 2.76 bits per heavy atom. The van der Waals surface area contributed by atoms with Crippen LogP contribution in [0.1, 0.15) is 44.1 Å². The molecule has 2 unspecified atom stereocenters. The number of furan rings is 1. The normalized spacial score (nSPS) is 20.7. The Morgan fingerprint density at radius 2 is 2.19 bits per heavy atom. The highest BCUT2D eigenvalue weighted by Gasteiger charge is 2.36. The average molecular weight is 291 g/mol. The molecule has 1 N–H and O–H groups in total. The number of amides is 1. The number of carbonyl (C=O) groups is 2. The lowest BCUT2D eigenvalue weighted by Crippen LogP contribution is -2.31. The zero-order valence-corrected chi connectivity index (χ0v) is 12.4. The summed E-state index contributed by atoms with van der Waals surface area (Å²) in [6.07, 6.45) is 4.19. The van der Waals surface area contributed by atoms with Gasteiger partial charge in [0.1, 0.15) is 11.5 Å². The van der Waals surface area contributed by atoms with E-state index in [1.54, 1.807) is 6.08 Å². The van der Waals surface area contributed by atoms with Crippen LogP contribution in [0.25, 0.3) is 6.08 Å². The molecule has 1 saturated carbocycles. The largest absolute Gasteiger partial charge is 0.481 e. The summed E-state index contributed by atoms with van der Waals surface area (Å²) in [5.41, 5.74) is 0. The molecule has 1 aromatic rings. The third-order valence-electron chi connectivity index (χ3n) is 3.80. The highest BCUT2D eigenvalue weighted by atomic mass is 16.4. The first-order valence-corrected chi connectivity index (χ1v) is 7.29. The summed E-state index contributed by atoms with van der Waals surface area (Å²) >= 11 is 0. The fourth-order valence-electron chi connectivity index (χ4n) is 2.29. The Labute approximate surface area is 124 Å². The molecule has 0 aromatic carbocycles. The van der Waals surface area contributed by atoms with Crippen LogP contribution in [-0.4, -0.2) is 35.0 Å². The molecule has 114 valence electrons. The van der Waals surface area contributed by atoms with Crippen LogP contribution in [0.2, 0.25) is 0 Å². The van der Waals surface area contributed by atoms with Crippen LogP contribution in [0.3, 0.4) is 0 Å². The van der Waals surface area contributed by atoms with Crippen molar-refractivity contribution < 1.29 is 19.1 Å². The van der Waals surface area contributed by atoms with Gasteiger partial charge in [-0.05, 0) is 37.5 Å². The van der Waals surface area contributed by atoms with E-state index < -0.39 is 5.97 Å². The van der Waals surface area contributed by atoms with Crippen LogP contribution < -0.4 is 0 Å². The van der Waals surface area contributed by atoms with Gasteiger partial charge in [0.2, 0.25) is 5.91 Å². The molecule has 0 radical (unpaired) electrons. The number of nitrogens with zero attached hydrogens (tertiary/aromatic N) is 1. The summed E-state index contributed by atoms with van der Waals surface area (Å²) in [5.74, 6) is 1.74. The molecular weight excluding hydrogens is 270 g/mol. The van der Waals surface area contributed by atoms with Gasteiger partial charge in [0, 0.05) is 25.1 Å². The van der Waals surface area contributed by atoms with E-state index in [2.05, 4.69) is 6.92 Å². The van der Waals surface area contributed by atoms with Gasteiger partial charge in [-0.15, -0.1) is 0 Å². The Bertz CT molecular complexity index is 546. The number of hydrogen-bond donors (Lipinski definition) is 1. The third-order valence-corrected chi connectivity index (χ3v) is 3.80. The monoisotopic (exact) mass is 291 g/mol. The molecule has 0 aliphatic heterocycles. The molecular formula is C16H21NO4. The molecule has 2 rings (SSSR count). The molecule has 5 nitrogen and oxygen atoms in total. The number of hydrogen-bond acceptors (Lipinski definition) is 3. The van der Waals surface area contributed by atoms with Gasteiger partial charge in [-0.2, -0.15) is 0 Å². The zero-order valence-electron chi connectivity index (χ0n) is 12.4. The Hall–Kier alpha value is -2.04. The van der Waals surface area contributed by atoms with Crippen LogP contribution in [0.15, 0.2) is 22.6 Å². The summed E-state index contributed by atoms with van der Waals surface area (Å²) in [6.45, 7) is 4.72. The molecule has 1 aliphatic rings. The van der Waals surface area contributed by atoms with Gasteiger partial charge in [0.25, 0.3) is 0 Å². The second kappa shape index (κ2) is 6.61. The van der Waals surface area contributed by atoms with Gasteiger partial charge in [-0.1, -0.05) is 6.92 Å². The fraction of sp³-hybridized carbons (Fsp3) is 0.500. The minimum absolute atomic E-state index is 0.0438. The van der Waals surface area contributed by atoms with Gasteiger partial charge in [-0.3, -0.25) is 9.59 Å². The molecule has 21 heavy (non-hydrogen) atoms. The van der Waals surface area contributed by atoms with E-state index in [1.807, 2.05) is 19.1 Å². The number of rotatable bonds is 7. The van der Waals surface area contributed by atoms with Gasteiger partial charge in [-0.25, -0.2) is 0 Å². The molecule has 1 aromatic heterocycles. The van der Waals surface area contributed by atoms with Crippen molar-refractivity contribution in [2.75, 3.05) is 13.1 Å². The van der Waals surface area contributed by atoms with Gasteiger partial charge in [0.15, 0.2) is 0 Å².